The second-order valence-electron chi connectivity index (χ2n) is 6.06. The van der Waals surface area contributed by atoms with Gasteiger partial charge in [0.05, 0.1) is 6.54 Å². The highest BCUT2D eigenvalue weighted by Gasteiger charge is 2.16. The van der Waals surface area contributed by atoms with E-state index in [0.29, 0.717) is 12.5 Å². The zero-order valence-electron chi connectivity index (χ0n) is 14.2. The Hall–Kier alpha value is -2.04. The molecule has 0 aliphatic carbocycles. The number of benzene rings is 1. The molecule has 0 bridgehead atoms. The van der Waals surface area contributed by atoms with Gasteiger partial charge >= 0.3 is 5.97 Å². The van der Waals surface area contributed by atoms with E-state index >= 15 is 0 Å². The van der Waals surface area contributed by atoms with Crippen molar-refractivity contribution in [1.82, 2.24) is 10.6 Å². The van der Waals surface area contributed by atoms with Crippen LogP contribution in [0, 0.1) is 6.92 Å². The summed E-state index contributed by atoms with van der Waals surface area (Å²) in [6.07, 6.45) is 0. The topological polar surface area (TPSA) is 62.7 Å². The van der Waals surface area contributed by atoms with Crippen molar-refractivity contribution in [3.8, 4) is 0 Å². The third-order valence-electron chi connectivity index (χ3n) is 2.83. The number of aliphatic imine (C=N–C) groups is 1. The number of hydrogen-bond acceptors (Lipinski definition) is 3. The van der Waals surface area contributed by atoms with E-state index < -0.39 is 5.60 Å². The predicted octanol–water partition coefficient (Wildman–Crippen LogP) is 2.39. The molecule has 122 valence electrons. The number of ether oxygens (including phenoxy) is 1. The SMILES string of the molecule is CCNC(=NCc1ccccc1C)NCC(=O)OC(C)(C)C. The van der Waals surface area contributed by atoms with Crippen LogP contribution in [0.2, 0.25) is 0 Å². The van der Waals surface area contributed by atoms with Crippen molar-refractivity contribution in [2.75, 3.05) is 13.1 Å². The Bertz CT molecular complexity index is 519. The molecule has 1 aromatic rings. The summed E-state index contributed by atoms with van der Waals surface area (Å²) in [7, 11) is 0. The summed E-state index contributed by atoms with van der Waals surface area (Å²) in [6.45, 7) is 11.0. The van der Waals surface area contributed by atoms with Crippen molar-refractivity contribution >= 4 is 11.9 Å². The van der Waals surface area contributed by atoms with E-state index in [1.165, 1.54) is 5.56 Å². The average Bonchev–Trinajstić information content (AvgIpc) is 2.41. The van der Waals surface area contributed by atoms with Gasteiger partial charge in [-0.05, 0) is 45.7 Å². The highest BCUT2D eigenvalue weighted by atomic mass is 16.6. The lowest BCUT2D eigenvalue weighted by atomic mass is 10.1. The molecule has 0 spiro atoms. The summed E-state index contributed by atoms with van der Waals surface area (Å²) in [5.74, 6) is 0.311. The maximum absolute atomic E-state index is 11.7. The fourth-order valence-electron chi connectivity index (χ4n) is 1.83. The van der Waals surface area contributed by atoms with Gasteiger partial charge in [0.25, 0.3) is 0 Å². The molecule has 0 amide bonds. The number of rotatable bonds is 5. The molecule has 22 heavy (non-hydrogen) atoms. The van der Waals surface area contributed by atoms with Gasteiger partial charge < -0.3 is 15.4 Å². The van der Waals surface area contributed by atoms with Gasteiger partial charge in [0.2, 0.25) is 0 Å². The number of nitrogens with zero attached hydrogens (tertiary/aromatic N) is 1. The summed E-state index contributed by atoms with van der Waals surface area (Å²) in [6, 6.07) is 8.12. The number of esters is 1. The minimum atomic E-state index is -0.477. The first-order chi connectivity index (χ1) is 10.3. The average molecular weight is 305 g/mol. The first-order valence-corrected chi connectivity index (χ1v) is 7.60. The molecule has 0 heterocycles. The molecule has 5 heteroatoms. The highest BCUT2D eigenvalue weighted by molar-refractivity contribution is 5.84. The molecule has 0 saturated heterocycles. The maximum atomic E-state index is 11.7. The fourth-order valence-corrected chi connectivity index (χ4v) is 1.83. The molecular weight excluding hydrogens is 278 g/mol. The zero-order chi connectivity index (χ0) is 16.6. The Morgan fingerprint density at radius 2 is 1.91 bits per heavy atom. The van der Waals surface area contributed by atoms with Crippen LogP contribution in [0.25, 0.3) is 0 Å². The normalized spacial score (nSPS) is 12.0. The van der Waals surface area contributed by atoms with Gasteiger partial charge in [0.15, 0.2) is 5.96 Å². The first-order valence-electron chi connectivity index (χ1n) is 7.60. The number of hydrogen-bond donors (Lipinski definition) is 2. The Morgan fingerprint density at radius 1 is 1.23 bits per heavy atom. The summed E-state index contributed by atoms with van der Waals surface area (Å²) in [5.41, 5.74) is 1.89. The van der Waals surface area contributed by atoms with E-state index in [1.807, 2.05) is 39.8 Å². The quantitative estimate of drug-likeness (QED) is 0.498. The largest absolute Gasteiger partial charge is 0.459 e. The highest BCUT2D eigenvalue weighted by Crippen LogP contribution is 2.08. The molecule has 0 unspecified atom stereocenters. The molecule has 0 saturated carbocycles. The zero-order valence-corrected chi connectivity index (χ0v) is 14.2. The van der Waals surface area contributed by atoms with Gasteiger partial charge in [-0.2, -0.15) is 0 Å². The van der Waals surface area contributed by atoms with Crippen LogP contribution < -0.4 is 10.6 Å². The van der Waals surface area contributed by atoms with Crippen molar-refractivity contribution in [2.24, 2.45) is 4.99 Å². The fraction of sp³-hybridized carbons (Fsp3) is 0.529. The predicted molar refractivity (Wildman–Crippen MR) is 89.8 cm³/mol. The van der Waals surface area contributed by atoms with E-state index in [1.54, 1.807) is 0 Å². The third-order valence-corrected chi connectivity index (χ3v) is 2.83. The van der Waals surface area contributed by atoms with Crippen LogP contribution in [0.15, 0.2) is 29.3 Å². The number of guanidine groups is 1. The standard InChI is InChI=1S/C17H27N3O2/c1-6-18-16(20-12-15(21)22-17(3,4)5)19-11-14-10-8-7-9-13(14)2/h7-10H,6,11-12H2,1-5H3,(H2,18,19,20). The molecule has 0 atom stereocenters. The van der Waals surface area contributed by atoms with Crippen LogP contribution in [0.5, 0.6) is 0 Å². The summed E-state index contributed by atoms with van der Waals surface area (Å²) < 4.78 is 5.26. The van der Waals surface area contributed by atoms with Crippen molar-refractivity contribution in [1.29, 1.82) is 0 Å². The van der Waals surface area contributed by atoms with Gasteiger partial charge in [-0.25, -0.2) is 4.99 Å². The Labute approximate surface area is 133 Å². The van der Waals surface area contributed by atoms with E-state index in [4.69, 9.17) is 4.74 Å². The number of aryl methyl sites for hydroxylation is 1. The van der Waals surface area contributed by atoms with E-state index in [0.717, 1.165) is 12.1 Å². The molecular formula is C17H27N3O2. The van der Waals surface area contributed by atoms with Crippen LogP contribution in [-0.4, -0.2) is 30.6 Å². The lowest BCUT2D eigenvalue weighted by molar-refractivity contribution is -0.153. The monoisotopic (exact) mass is 305 g/mol. The van der Waals surface area contributed by atoms with Crippen molar-refractivity contribution in [3.63, 3.8) is 0 Å². The molecule has 0 fully saturated rings. The van der Waals surface area contributed by atoms with Crippen molar-refractivity contribution in [3.05, 3.63) is 35.4 Å². The lowest BCUT2D eigenvalue weighted by Crippen LogP contribution is -2.41. The first kappa shape index (κ1) is 18.0. The lowest BCUT2D eigenvalue weighted by Gasteiger charge is -2.20. The van der Waals surface area contributed by atoms with E-state index in [-0.39, 0.29) is 12.5 Å². The molecule has 0 radical (unpaired) electrons. The number of carbonyl (C=O) groups excluding carboxylic acids is 1. The summed E-state index contributed by atoms with van der Waals surface area (Å²) in [5, 5.41) is 6.12. The minimum absolute atomic E-state index is 0.0941. The van der Waals surface area contributed by atoms with E-state index in [2.05, 4.69) is 34.7 Å². The van der Waals surface area contributed by atoms with Crippen LogP contribution in [0.1, 0.15) is 38.8 Å². The summed E-state index contributed by atoms with van der Waals surface area (Å²) >= 11 is 0. The van der Waals surface area contributed by atoms with Gasteiger partial charge in [-0.3, -0.25) is 4.79 Å². The maximum Gasteiger partial charge on any atom is 0.325 e. The number of carbonyl (C=O) groups is 1. The Morgan fingerprint density at radius 3 is 2.50 bits per heavy atom. The van der Waals surface area contributed by atoms with Crippen LogP contribution in [-0.2, 0) is 16.1 Å². The van der Waals surface area contributed by atoms with E-state index in [9.17, 15) is 4.79 Å². The van der Waals surface area contributed by atoms with Crippen LogP contribution in [0.4, 0.5) is 0 Å². The van der Waals surface area contributed by atoms with Crippen LogP contribution in [0.3, 0.4) is 0 Å². The van der Waals surface area contributed by atoms with Crippen molar-refractivity contribution in [2.45, 2.75) is 46.8 Å². The second-order valence-corrected chi connectivity index (χ2v) is 6.06. The molecule has 0 aromatic heterocycles. The van der Waals surface area contributed by atoms with Gasteiger partial charge in [0.1, 0.15) is 12.1 Å². The molecule has 0 aliphatic rings. The Kier molecular flexibility index (Phi) is 6.89. The molecule has 2 N–H and O–H groups in total. The third kappa shape index (κ3) is 7.11. The molecule has 1 aromatic carbocycles. The summed E-state index contributed by atoms with van der Waals surface area (Å²) in [4.78, 5) is 16.2. The minimum Gasteiger partial charge on any atom is -0.459 e. The molecule has 1 rings (SSSR count). The molecule has 0 aliphatic heterocycles. The second kappa shape index (κ2) is 8.41. The van der Waals surface area contributed by atoms with Crippen LogP contribution >= 0.6 is 0 Å². The van der Waals surface area contributed by atoms with Gasteiger partial charge in [-0.15, -0.1) is 0 Å². The van der Waals surface area contributed by atoms with Gasteiger partial charge in [-0.1, -0.05) is 24.3 Å². The van der Waals surface area contributed by atoms with Crippen molar-refractivity contribution < 1.29 is 9.53 Å². The number of nitrogens with one attached hydrogen (secondary N) is 2. The van der Waals surface area contributed by atoms with Gasteiger partial charge in [0, 0.05) is 6.54 Å². The smallest absolute Gasteiger partial charge is 0.325 e. The Balaban J connectivity index is 2.59. The molecule has 5 nitrogen and oxygen atoms in total.